The zero-order valence-electron chi connectivity index (χ0n) is 9.57. The van der Waals surface area contributed by atoms with Gasteiger partial charge in [0.15, 0.2) is 5.78 Å². The summed E-state index contributed by atoms with van der Waals surface area (Å²) in [6.07, 6.45) is 1.62. The summed E-state index contributed by atoms with van der Waals surface area (Å²) in [5.74, 6) is -0.545. The van der Waals surface area contributed by atoms with Crippen molar-refractivity contribution >= 4 is 22.1 Å². The molecule has 0 spiro atoms. The third-order valence-electron chi connectivity index (χ3n) is 2.54. The average Bonchev–Trinajstić information content (AvgIpc) is 2.88. The molecule has 2 rings (SSSR count). The van der Waals surface area contributed by atoms with E-state index in [1.165, 1.54) is 12.1 Å². The minimum Gasteiger partial charge on any atom is -0.293 e. The first-order valence-corrected chi connectivity index (χ1v) is 6.10. The van der Waals surface area contributed by atoms with Gasteiger partial charge >= 0.3 is 5.00 Å². The number of hydrogen-bond acceptors (Lipinski definition) is 5. The van der Waals surface area contributed by atoms with E-state index >= 15 is 0 Å². The molecule has 1 atom stereocenters. The minimum atomic E-state index is -0.493. The van der Waals surface area contributed by atoms with Crippen LogP contribution in [0, 0.1) is 10.1 Å². The molecular formula is C12H10N2O3S. The number of thiophene rings is 1. The van der Waals surface area contributed by atoms with Crippen molar-refractivity contribution in [3.05, 3.63) is 57.2 Å². The van der Waals surface area contributed by atoms with Crippen LogP contribution in [-0.2, 0) is 0 Å². The number of pyridine rings is 1. The second-order valence-corrected chi connectivity index (χ2v) is 4.80. The largest absolute Gasteiger partial charge is 0.324 e. The van der Waals surface area contributed by atoms with Crippen molar-refractivity contribution in [2.24, 2.45) is 0 Å². The van der Waals surface area contributed by atoms with Gasteiger partial charge in [-0.05, 0) is 25.1 Å². The van der Waals surface area contributed by atoms with Gasteiger partial charge < -0.3 is 0 Å². The lowest BCUT2D eigenvalue weighted by Crippen LogP contribution is -2.09. The maximum absolute atomic E-state index is 12.1. The monoisotopic (exact) mass is 262 g/mol. The van der Waals surface area contributed by atoms with Crippen molar-refractivity contribution < 1.29 is 9.72 Å². The fourth-order valence-corrected chi connectivity index (χ4v) is 2.39. The number of carbonyl (C=O) groups excluding carboxylic acids is 1. The van der Waals surface area contributed by atoms with Crippen LogP contribution in [0.3, 0.4) is 0 Å². The molecule has 2 aromatic heterocycles. The first kappa shape index (κ1) is 12.4. The highest BCUT2D eigenvalue weighted by Crippen LogP contribution is 2.28. The number of carbonyl (C=O) groups is 1. The Kier molecular flexibility index (Phi) is 3.47. The first-order valence-electron chi connectivity index (χ1n) is 5.29. The van der Waals surface area contributed by atoms with Crippen LogP contribution < -0.4 is 0 Å². The van der Waals surface area contributed by atoms with Crippen molar-refractivity contribution in [2.75, 3.05) is 0 Å². The van der Waals surface area contributed by atoms with Gasteiger partial charge in [-0.3, -0.25) is 19.9 Å². The zero-order chi connectivity index (χ0) is 13.1. The van der Waals surface area contributed by atoms with E-state index in [0.29, 0.717) is 10.6 Å². The molecular weight excluding hydrogens is 252 g/mol. The molecule has 5 nitrogen and oxygen atoms in total. The lowest BCUT2D eigenvalue weighted by atomic mass is 10.0. The molecule has 0 aliphatic carbocycles. The molecule has 0 amide bonds. The Morgan fingerprint density at radius 1 is 1.39 bits per heavy atom. The van der Waals surface area contributed by atoms with Crippen molar-refractivity contribution in [1.82, 2.24) is 4.98 Å². The highest BCUT2D eigenvalue weighted by molar-refractivity contribution is 7.17. The molecule has 2 heterocycles. The maximum atomic E-state index is 12.1. The Labute approximate surface area is 107 Å². The van der Waals surface area contributed by atoms with Gasteiger partial charge in [0.2, 0.25) is 0 Å². The lowest BCUT2D eigenvalue weighted by molar-refractivity contribution is -0.380. The Morgan fingerprint density at radius 2 is 2.17 bits per heavy atom. The van der Waals surface area contributed by atoms with E-state index in [4.69, 9.17) is 0 Å². The summed E-state index contributed by atoms with van der Waals surface area (Å²) >= 11 is 0.896. The van der Waals surface area contributed by atoms with Crippen LogP contribution in [0.15, 0.2) is 36.5 Å². The Morgan fingerprint density at radius 3 is 2.72 bits per heavy atom. The van der Waals surface area contributed by atoms with E-state index in [1.807, 2.05) is 6.07 Å². The van der Waals surface area contributed by atoms with Crippen LogP contribution in [0.25, 0.3) is 0 Å². The Bertz CT molecular complexity index is 580. The summed E-state index contributed by atoms with van der Waals surface area (Å²) in [6, 6.07) is 8.19. The molecule has 0 radical (unpaired) electrons. The van der Waals surface area contributed by atoms with Crippen LogP contribution in [0.4, 0.5) is 5.00 Å². The van der Waals surface area contributed by atoms with Gasteiger partial charge in [-0.2, -0.15) is 0 Å². The number of Topliss-reactive ketones (excluding diaryl/α,β-unsaturated/α-hetero) is 1. The van der Waals surface area contributed by atoms with Gasteiger partial charge in [-0.1, -0.05) is 17.4 Å². The van der Waals surface area contributed by atoms with Gasteiger partial charge in [0.25, 0.3) is 0 Å². The summed E-state index contributed by atoms with van der Waals surface area (Å²) < 4.78 is 0. The zero-order valence-corrected chi connectivity index (χ0v) is 10.4. The predicted octanol–water partition coefficient (Wildman–Crippen LogP) is 3.04. The maximum Gasteiger partial charge on any atom is 0.324 e. The van der Waals surface area contributed by atoms with Crippen molar-refractivity contribution in [3.63, 3.8) is 0 Å². The number of aromatic nitrogens is 1. The molecule has 0 saturated heterocycles. The van der Waals surface area contributed by atoms with Crippen LogP contribution in [0.2, 0.25) is 0 Å². The number of rotatable bonds is 4. The summed E-state index contributed by atoms with van der Waals surface area (Å²) in [4.78, 5) is 26.7. The fraction of sp³-hybridized carbons (Fsp3) is 0.167. The number of hydrogen-bond donors (Lipinski definition) is 0. The predicted molar refractivity (Wildman–Crippen MR) is 68.0 cm³/mol. The van der Waals surface area contributed by atoms with Gasteiger partial charge in [-0.25, -0.2) is 0 Å². The molecule has 0 bridgehead atoms. The Balaban J connectivity index is 2.23. The highest BCUT2D eigenvalue weighted by Gasteiger charge is 2.22. The second-order valence-electron chi connectivity index (χ2n) is 3.74. The Hall–Kier alpha value is -2.08. The summed E-state index contributed by atoms with van der Waals surface area (Å²) in [6.45, 7) is 1.75. The number of nitrogens with zero attached hydrogens (tertiary/aromatic N) is 2. The topological polar surface area (TPSA) is 73.1 Å². The highest BCUT2D eigenvalue weighted by atomic mass is 32.1. The van der Waals surface area contributed by atoms with Crippen LogP contribution in [0.5, 0.6) is 0 Å². The molecule has 0 N–H and O–H groups in total. The summed E-state index contributed by atoms with van der Waals surface area (Å²) in [5, 5.41) is 10.5. The summed E-state index contributed by atoms with van der Waals surface area (Å²) in [7, 11) is 0. The molecule has 0 aliphatic heterocycles. The lowest BCUT2D eigenvalue weighted by Gasteiger charge is -2.07. The van der Waals surface area contributed by atoms with E-state index in [9.17, 15) is 14.9 Å². The van der Waals surface area contributed by atoms with Gasteiger partial charge in [-0.15, -0.1) is 0 Å². The molecule has 92 valence electrons. The molecule has 6 heteroatoms. The normalized spacial score (nSPS) is 12.1. The molecule has 0 aromatic carbocycles. The summed E-state index contributed by atoms with van der Waals surface area (Å²) in [5.41, 5.74) is 0.665. The second kappa shape index (κ2) is 5.05. The molecule has 18 heavy (non-hydrogen) atoms. The first-order chi connectivity index (χ1) is 8.59. The van der Waals surface area contributed by atoms with Crippen molar-refractivity contribution in [1.29, 1.82) is 0 Å². The average molecular weight is 262 g/mol. The standard InChI is InChI=1S/C12H10N2O3S/c1-8(9-4-2-3-7-13-9)12(15)10-5-6-11(18-10)14(16)17/h2-8H,1H3. The number of ketones is 1. The van der Waals surface area contributed by atoms with Crippen LogP contribution >= 0.6 is 11.3 Å². The molecule has 0 aliphatic rings. The van der Waals surface area contributed by atoms with E-state index in [2.05, 4.69) is 4.98 Å². The third kappa shape index (κ3) is 2.43. The van der Waals surface area contributed by atoms with E-state index in [-0.39, 0.29) is 10.8 Å². The minimum absolute atomic E-state index is 0.0217. The van der Waals surface area contributed by atoms with Gasteiger partial charge in [0.1, 0.15) is 0 Å². The quantitative estimate of drug-likeness (QED) is 0.482. The van der Waals surface area contributed by atoms with Crippen LogP contribution in [-0.4, -0.2) is 15.7 Å². The van der Waals surface area contributed by atoms with E-state index in [0.717, 1.165) is 11.3 Å². The van der Waals surface area contributed by atoms with Gasteiger partial charge in [0, 0.05) is 12.3 Å². The SMILES string of the molecule is CC(C(=O)c1ccc([N+](=O)[O-])s1)c1ccccn1. The molecule has 2 aromatic rings. The van der Waals surface area contributed by atoms with Crippen LogP contribution in [0.1, 0.15) is 28.2 Å². The van der Waals surface area contributed by atoms with E-state index < -0.39 is 10.8 Å². The molecule has 1 unspecified atom stereocenters. The van der Waals surface area contributed by atoms with Crippen molar-refractivity contribution in [3.8, 4) is 0 Å². The third-order valence-corrected chi connectivity index (χ3v) is 3.59. The fourth-order valence-electron chi connectivity index (χ4n) is 1.54. The van der Waals surface area contributed by atoms with E-state index in [1.54, 1.807) is 25.3 Å². The number of nitro groups is 1. The van der Waals surface area contributed by atoms with Crippen molar-refractivity contribution in [2.45, 2.75) is 12.8 Å². The molecule has 0 saturated carbocycles. The van der Waals surface area contributed by atoms with Gasteiger partial charge in [0.05, 0.1) is 21.4 Å². The molecule has 0 fully saturated rings. The smallest absolute Gasteiger partial charge is 0.293 e.